The fourth-order valence-corrected chi connectivity index (χ4v) is 4.34. The van der Waals surface area contributed by atoms with Gasteiger partial charge in [0.1, 0.15) is 5.82 Å². The van der Waals surface area contributed by atoms with E-state index in [1.165, 1.54) is 0 Å². The molecule has 6 nitrogen and oxygen atoms in total. The number of aromatic nitrogens is 1. The van der Waals surface area contributed by atoms with Crippen molar-refractivity contribution in [2.24, 2.45) is 0 Å². The third-order valence-corrected chi connectivity index (χ3v) is 6.15. The van der Waals surface area contributed by atoms with Crippen molar-refractivity contribution in [3.8, 4) is 0 Å². The standard InChI is InChI=1S/C26H29ClN4O2/c27-24-10-5-4-9-23(24)26(33)29-21-11-12-25(28-18-21)31-14-6-13-30(15-16-31)19-22(32)17-20-7-2-1-3-8-20/h1-5,7-12,18,22,32H,6,13-17,19H2,(H,29,33). The Morgan fingerprint density at radius 1 is 1.00 bits per heavy atom. The molecule has 1 aromatic heterocycles. The molecule has 1 fully saturated rings. The Balaban J connectivity index is 1.29. The minimum atomic E-state index is -0.377. The van der Waals surface area contributed by atoms with Crippen molar-refractivity contribution in [2.75, 3.05) is 42.9 Å². The molecule has 172 valence electrons. The molecule has 4 rings (SSSR count). The Labute approximate surface area is 199 Å². The summed E-state index contributed by atoms with van der Waals surface area (Å²) in [4.78, 5) is 21.6. The lowest BCUT2D eigenvalue weighted by atomic mass is 10.1. The minimum absolute atomic E-state index is 0.255. The van der Waals surface area contributed by atoms with Crippen LogP contribution < -0.4 is 10.2 Å². The van der Waals surface area contributed by atoms with E-state index in [2.05, 4.69) is 32.2 Å². The third kappa shape index (κ3) is 6.54. The second-order valence-corrected chi connectivity index (χ2v) is 8.73. The van der Waals surface area contributed by atoms with E-state index >= 15 is 0 Å². The van der Waals surface area contributed by atoms with E-state index < -0.39 is 0 Å². The van der Waals surface area contributed by atoms with Crippen LogP contribution >= 0.6 is 11.6 Å². The Kier molecular flexibility index (Phi) is 7.94. The number of aliphatic hydroxyl groups excluding tert-OH is 1. The summed E-state index contributed by atoms with van der Waals surface area (Å²) in [5.74, 6) is 0.632. The van der Waals surface area contributed by atoms with Crippen molar-refractivity contribution in [2.45, 2.75) is 18.9 Å². The molecule has 7 heteroatoms. The Morgan fingerprint density at radius 3 is 2.55 bits per heavy atom. The molecule has 1 unspecified atom stereocenters. The van der Waals surface area contributed by atoms with Crippen LogP contribution in [-0.2, 0) is 6.42 Å². The van der Waals surface area contributed by atoms with Gasteiger partial charge in [0.05, 0.1) is 28.6 Å². The van der Waals surface area contributed by atoms with Gasteiger partial charge in [-0.2, -0.15) is 0 Å². The quantitative estimate of drug-likeness (QED) is 0.551. The van der Waals surface area contributed by atoms with Crippen molar-refractivity contribution in [3.05, 3.63) is 89.1 Å². The molecule has 2 aromatic carbocycles. The zero-order chi connectivity index (χ0) is 23.0. The van der Waals surface area contributed by atoms with E-state index in [4.69, 9.17) is 11.6 Å². The zero-order valence-electron chi connectivity index (χ0n) is 18.5. The molecule has 1 saturated heterocycles. The van der Waals surface area contributed by atoms with Gasteiger partial charge in [0.15, 0.2) is 0 Å². The van der Waals surface area contributed by atoms with Gasteiger partial charge in [0.25, 0.3) is 5.91 Å². The van der Waals surface area contributed by atoms with Crippen LogP contribution in [0.3, 0.4) is 0 Å². The smallest absolute Gasteiger partial charge is 0.257 e. The van der Waals surface area contributed by atoms with Gasteiger partial charge in [-0.25, -0.2) is 4.98 Å². The van der Waals surface area contributed by atoms with Crippen LogP contribution in [0.5, 0.6) is 0 Å². The van der Waals surface area contributed by atoms with E-state index in [0.717, 1.165) is 44.0 Å². The molecule has 1 atom stereocenters. The SMILES string of the molecule is O=C(Nc1ccc(N2CCCN(CC(O)Cc3ccccc3)CC2)nc1)c1ccccc1Cl. The number of aliphatic hydroxyl groups is 1. The van der Waals surface area contributed by atoms with Gasteiger partial charge in [0, 0.05) is 26.2 Å². The molecule has 0 spiro atoms. The number of halogens is 1. The van der Waals surface area contributed by atoms with Crippen LogP contribution in [-0.4, -0.2) is 59.7 Å². The summed E-state index contributed by atoms with van der Waals surface area (Å²) < 4.78 is 0. The second kappa shape index (κ2) is 11.3. The highest BCUT2D eigenvalue weighted by molar-refractivity contribution is 6.34. The van der Waals surface area contributed by atoms with E-state index in [1.54, 1.807) is 30.5 Å². The molecule has 0 bridgehead atoms. The number of β-amino-alcohol motifs (C(OH)–C–C–N with tert-alkyl or cyclic N) is 1. The number of amides is 1. The van der Waals surface area contributed by atoms with Crippen molar-refractivity contribution in [1.82, 2.24) is 9.88 Å². The molecule has 1 aliphatic rings. The number of nitrogens with one attached hydrogen (secondary N) is 1. The number of nitrogens with zero attached hydrogens (tertiary/aromatic N) is 3. The molecule has 33 heavy (non-hydrogen) atoms. The van der Waals surface area contributed by atoms with Crippen molar-refractivity contribution >= 4 is 29.0 Å². The van der Waals surface area contributed by atoms with E-state index in [0.29, 0.717) is 29.2 Å². The summed E-state index contributed by atoms with van der Waals surface area (Å²) in [6.45, 7) is 4.25. The summed E-state index contributed by atoms with van der Waals surface area (Å²) in [7, 11) is 0. The van der Waals surface area contributed by atoms with E-state index in [1.807, 2.05) is 30.3 Å². The lowest BCUT2D eigenvalue weighted by molar-refractivity contribution is 0.102. The van der Waals surface area contributed by atoms with Gasteiger partial charge < -0.3 is 15.3 Å². The van der Waals surface area contributed by atoms with Crippen LogP contribution in [0.1, 0.15) is 22.3 Å². The van der Waals surface area contributed by atoms with Crippen molar-refractivity contribution < 1.29 is 9.90 Å². The molecule has 1 aliphatic heterocycles. The number of hydrogen-bond acceptors (Lipinski definition) is 5. The first-order chi connectivity index (χ1) is 16.1. The van der Waals surface area contributed by atoms with E-state index in [9.17, 15) is 9.90 Å². The fraction of sp³-hybridized carbons (Fsp3) is 0.308. The summed E-state index contributed by atoms with van der Waals surface area (Å²) in [5.41, 5.74) is 2.22. The average Bonchev–Trinajstić information content (AvgIpc) is 3.06. The highest BCUT2D eigenvalue weighted by Gasteiger charge is 2.19. The lowest BCUT2D eigenvalue weighted by Crippen LogP contribution is -2.36. The lowest BCUT2D eigenvalue weighted by Gasteiger charge is -2.24. The molecule has 1 amide bonds. The first-order valence-corrected chi connectivity index (χ1v) is 11.7. The zero-order valence-corrected chi connectivity index (χ0v) is 19.3. The highest BCUT2D eigenvalue weighted by atomic mass is 35.5. The molecule has 0 radical (unpaired) electrons. The van der Waals surface area contributed by atoms with Crippen LogP contribution in [0.15, 0.2) is 72.9 Å². The number of rotatable bonds is 7. The van der Waals surface area contributed by atoms with Gasteiger partial charge in [0.2, 0.25) is 0 Å². The van der Waals surface area contributed by atoms with Crippen molar-refractivity contribution in [3.63, 3.8) is 0 Å². The molecule has 3 aromatic rings. The summed E-state index contributed by atoms with van der Waals surface area (Å²) in [6, 6.07) is 20.9. The first-order valence-electron chi connectivity index (χ1n) is 11.3. The number of carbonyl (C=O) groups excluding carboxylic acids is 1. The summed E-state index contributed by atoms with van der Waals surface area (Å²) >= 11 is 6.11. The molecule has 0 aliphatic carbocycles. The fourth-order valence-electron chi connectivity index (χ4n) is 4.12. The predicted molar refractivity (Wildman–Crippen MR) is 133 cm³/mol. The van der Waals surface area contributed by atoms with Crippen LogP contribution in [0.4, 0.5) is 11.5 Å². The Bertz CT molecular complexity index is 1050. The maximum absolute atomic E-state index is 12.4. The largest absolute Gasteiger partial charge is 0.391 e. The number of benzene rings is 2. The minimum Gasteiger partial charge on any atom is -0.391 e. The molecular weight excluding hydrogens is 436 g/mol. The van der Waals surface area contributed by atoms with Gasteiger partial charge in [-0.05, 0) is 49.2 Å². The topological polar surface area (TPSA) is 68.7 Å². The van der Waals surface area contributed by atoms with Crippen molar-refractivity contribution in [1.29, 1.82) is 0 Å². The van der Waals surface area contributed by atoms with Crippen LogP contribution in [0.25, 0.3) is 0 Å². The Morgan fingerprint density at radius 2 is 1.79 bits per heavy atom. The first kappa shape index (κ1) is 23.2. The molecule has 0 saturated carbocycles. The van der Waals surface area contributed by atoms with E-state index in [-0.39, 0.29) is 12.0 Å². The molecule has 2 heterocycles. The average molecular weight is 465 g/mol. The van der Waals surface area contributed by atoms with Crippen LogP contribution in [0, 0.1) is 0 Å². The monoisotopic (exact) mass is 464 g/mol. The maximum Gasteiger partial charge on any atom is 0.257 e. The Hall–Kier alpha value is -2.93. The molecular formula is C26H29ClN4O2. The normalized spacial score (nSPS) is 15.6. The second-order valence-electron chi connectivity index (χ2n) is 8.32. The number of hydrogen-bond donors (Lipinski definition) is 2. The van der Waals surface area contributed by atoms with Gasteiger partial charge in [-0.1, -0.05) is 54.1 Å². The van der Waals surface area contributed by atoms with Gasteiger partial charge in [-0.15, -0.1) is 0 Å². The number of carbonyl (C=O) groups is 1. The number of pyridine rings is 1. The number of anilines is 2. The maximum atomic E-state index is 12.4. The predicted octanol–water partition coefficient (Wildman–Crippen LogP) is 4.10. The van der Waals surface area contributed by atoms with Crippen LogP contribution in [0.2, 0.25) is 5.02 Å². The third-order valence-electron chi connectivity index (χ3n) is 5.82. The van der Waals surface area contributed by atoms with Gasteiger partial charge in [-0.3, -0.25) is 9.69 Å². The molecule has 2 N–H and O–H groups in total. The van der Waals surface area contributed by atoms with Gasteiger partial charge >= 0.3 is 0 Å². The highest BCUT2D eigenvalue weighted by Crippen LogP contribution is 2.19. The summed E-state index contributed by atoms with van der Waals surface area (Å²) in [6.07, 6.45) is 2.98. The summed E-state index contributed by atoms with van der Waals surface area (Å²) in [5, 5.41) is 13.8.